The molecule has 0 unspecified atom stereocenters. The predicted octanol–water partition coefficient (Wildman–Crippen LogP) is 2.88. The highest BCUT2D eigenvalue weighted by molar-refractivity contribution is 6.22. The van der Waals surface area contributed by atoms with Crippen LogP contribution in [-0.4, -0.2) is 52.7 Å². The lowest BCUT2D eigenvalue weighted by Gasteiger charge is -2.14. The number of aromatic nitrogens is 2. The predicted molar refractivity (Wildman–Crippen MR) is 106 cm³/mol. The second kappa shape index (κ2) is 8.16. The summed E-state index contributed by atoms with van der Waals surface area (Å²) in [5, 5.41) is 7.25. The highest BCUT2D eigenvalue weighted by Crippen LogP contribution is 2.31. The molecule has 29 heavy (non-hydrogen) atoms. The van der Waals surface area contributed by atoms with Gasteiger partial charge in [-0.1, -0.05) is 12.8 Å². The molecule has 1 aromatic heterocycles. The first-order valence-electron chi connectivity index (χ1n) is 9.94. The number of imide groups is 1. The number of rotatable bonds is 7. The van der Waals surface area contributed by atoms with Gasteiger partial charge in [-0.15, -0.1) is 0 Å². The quantitative estimate of drug-likeness (QED) is 0.574. The summed E-state index contributed by atoms with van der Waals surface area (Å²) in [6.07, 6.45) is 6.69. The minimum Gasteiger partial charge on any atom is -0.385 e. The zero-order valence-electron chi connectivity index (χ0n) is 16.4. The molecule has 0 spiro atoms. The number of carbonyl (C=O) groups excluding carboxylic acids is 3. The van der Waals surface area contributed by atoms with E-state index in [1.54, 1.807) is 31.5 Å². The molecule has 1 aliphatic carbocycles. The number of nitrogens with zero attached hydrogens (tertiary/aromatic N) is 3. The molecule has 1 aromatic carbocycles. The number of amides is 3. The van der Waals surface area contributed by atoms with Crippen LogP contribution < -0.4 is 5.32 Å². The number of benzene rings is 1. The fourth-order valence-electron chi connectivity index (χ4n) is 4.04. The summed E-state index contributed by atoms with van der Waals surface area (Å²) in [6.45, 7) is 0.762. The van der Waals surface area contributed by atoms with Crippen molar-refractivity contribution in [3.05, 3.63) is 47.2 Å². The molecule has 0 atom stereocenters. The molecule has 2 heterocycles. The van der Waals surface area contributed by atoms with Crippen LogP contribution in [0.2, 0.25) is 0 Å². The minimum absolute atomic E-state index is 0.268. The summed E-state index contributed by atoms with van der Waals surface area (Å²) in [7, 11) is 1.58. The maximum Gasteiger partial charge on any atom is 0.261 e. The molecule has 4 rings (SSSR count). The van der Waals surface area contributed by atoms with Crippen LogP contribution in [0.4, 0.5) is 5.82 Å². The lowest BCUT2D eigenvalue weighted by Crippen LogP contribution is -2.31. The summed E-state index contributed by atoms with van der Waals surface area (Å²) >= 11 is 0. The summed E-state index contributed by atoms with van der Waals surface area (Å²) in [5.74, 6) is -0.379. The first-order valence-corrected chi connectivity index (χ1v) is 9.94. The third kappa shape index (κ3) is 3.67. The number of anilines is 1. The van der Waals surface area contributed by atoms with Crippen molar-refractivity contribution >= 4 is 23.5 Å². The normalized spacial score (nSPS) is 16.5. The zero-order valence-corrected chi connectivity index (χ0v) is 16.4. The van der Waals surface area contributed by atoms with Gasteiger partial charge < -0.3 is 10.1 Å². The van der Waals surface area contributed by atoms with Gasteiger partial charge in [-0.3, -0.25) is 19.3 Å². The average Bonchev–Trinajstić information content (AvgIpc) is 3.45. The van der Waals surface area contributed by atoms with Crippen LogP contribution >= 0.6 is 0 Å². The van der Waals surface area contributed by atoms with Crippen molar-refractivity contribution in [2.24, 2.45) is 0 Å². The Morgan fingerprint density at radius 2 is 1.93 bits per heavy atom. The number of ether oxygens (including phenoxy) is 1. The van der Waals surface area contributed by atoms with E-state index in [-0.39, 0.29) is 23.3 Å². The molecule has 8 heteroatoms. The van der Waals surface area contributed by atoms with Gasteiger partial charge in [-0.05, 0) is 37.5 Å². The Morgan fingerprint density at radius 1 is 1.17 bits per heavy atom. The smallest absolute Gasteiger partial charge is 0.261 e. The van der Waals surface area contributed by atoms with Gasteiger partial charge in [-0.2, -0.15) is 5.10 Å². The van der Waals surface area contributed by atoms with E-state index in [2.05, 4.69) is 10.4 Å². The Kier molecular flexibility index (Phi) is 5.44. The van der Waals surface area contributed by atoms with E-state index in [0.717, 1.165) is 12.8 Å². The van der Waals surface area contributed by atoms with Gasteiger partial charge in [0.2, 0.25) is 0 Å². The summed E-state index contributed by atoms with van der Waals surface area (Å²) < 4.78 is 6.85. The zero-order chi connectivity index (χ0) is 20.4. The number of nitrogens with one attached hydrogen (secondary N) is 1. The van der Waals surface area contributed by atoms with Gasteiger partial charge in [0.25, 0.3) is 17.7 Å². The van der Waals surface area contributed by atoms with E-state index in [1.165, 1.54) is 23.8 Å². The Bertz CT molecular complexity index is 946. The molecule has 1 aliphatic heterocycles. The molecular formula is C21H24N4O4. The van der Waals surface area contributed by atoms with Crippen molar-refractivity contribution in [1.82, 2.24) is 14.7 Å². The highest BCUT2D eigenvalue weighted by atomic mass is 16.5. The summed E-state index contributed by atoms with van der Waals surface area (Å²) in [4.78, 5) is 39.1. The monoisotopic (exact) mass is 396 g/mol. The lowest BCUT2D eigenvalue weighted by atomic mass is 10.1. The fraction of sp³-hybridized carbons (Fsp3) is 0.429. The molecule has 8 nitrogen and oxygen atoms in total. The summed E-state index contributed by atoms with van der Waals surface area (Å²) in [6, 6.07) is 6.71. The minimum atomic E-state index is -0.369. The number of methoxy groups -OCH3 is 1. The van der Waals surface area contributed by atoms with E-state index in [0.29, 0.717) is 42.6 Å². The average molecular weight is 396 g/mol. The first kappa shape index (κ1) is 19.3. The Morgan fingerprint density at radius 3 is 2.69 bits per heavy atom. The van der Waals surface area contributed by atoms with E-state index in [1.807, 2.05) is 4.68 Å². The molecular weight excluding hydrogens is 372 g/mol. The van der Waals surface area contributed by atoms with Crippen molar-refractivity contribution < 1.29 is 19.1 Å². The van der Waals surface area contributed by atoms with Crippen molar-refractivity contribution in [2.75, 3.05) is 25.6 Å². The van der Waals surface area contributed by atoms with Gasteiger partial charge in [0.05, 0.1) is 23.4 Å². The van der Waals surface area contributed by atoms with E-state index >= 15 is 0 Å². The summed E-state index contributed by atoms with van der Waals surface area (Å²) in [5.41, 5.74) is 0.937. The van der Waals surface area contributed by atoms with Gasteiger partial charge >= 0.3 is 0 Å². The fourth-order valence-corrected chi connectivity index (χ4v) is 4.04. The van der Waals surface area contributed by atoms with Gasteiger partial charge in [0.1, 0.15) is 5.82 Å². The third-order valence-corrected chi connectivity index (χ3v) is 5.55. The first-order chi connectivity index (χ1) is 14.1. The molecule has 1 fully saturated rings. The number of fused-ring (bicyclic) bond motifs is 1. The number of hydrogen-bond acceptors (Lipinski definition) is 5. The SMILES string of the molecule is COCCCN1C(=O)c2ccc(C(=O)Nc3ccnn3C3CCCC3)cc2C1=O. The Hall–Kier alpha value is -3.00. The lowest BCUT2D eigenvalue weighted by molar-refractivity contribution is 0.0638. The Labute approximate surface area is 168 Å². The van der Waals surface area contributed by atoms with Crippen LogP contribution in [0.3, 0.4) is 0 Å². The molecule has 1 N–H and O–H groups in total. The second-order valence-corrected chi connectivity index (χ2v) is 7.42. The maximum absolute atomic E-state index is 12.8. The van der Waals surface area contributed by atoms with Gasteiger partial charge in [-0.25, -0.2) is 4.68 Å². The highest BCUT2D eigenvalue weighted by Gasteiger charge is 2.35. The van der Waals surface area contributed by atoms with E-state index in [4.69, 9.17) is 4.74 Å². The third-order valence-electron chi connectivity index (χ3n) is 5.55. The second-order valence-electron chi connectivity index (χ2n) is 7.42. The van der Waals surface area contributed by atoms with Crippen molar-refractivity contribution in [3.63, 3.8) is 0 Å². The molecule has 152 valence electrons. The van der Waals surface area contributed by atoms with Crippen LogP contribution in [-0.2, 0) is 4.74 Å². The van der Waals surface area contributed by atoms with Crippen LogP contribution in [0.25, 0.3) is 0 Å². The maximum atomic E-state index is 12.8. The Balaban J connectivity index is 1.50. The molecule has 2 aromatic rings. The number of carbonyl (C=O) groups is 3. The van der Waals surface area contributed by atoms with E-state index in [9.17, 15) is 14.4 Å². The van der Waals surface area contributed by atoms with Gasteiger partial charge in [0.15, 0.2) is 0 Å². The van der Waals surface area contributed by atoms with Crippen LogP contribution in [0, 0.1) is 0 Å². The molecule has 1 saturated carbocycles. The molecule has 0 radical (unpaired) electrons. The van der Waals surface area contributed by atoms with E-state index < -0.39 is 0 Å². The van der Waals surface area contributed by atoms with Crippen LogP contribution in [0.5, 0.6) is 0 Å². The van der Waals surface area contributed by atoms with Crippen molar-refractivity contribution in [1.29, 1.82) is 0 Å². The molecule has 3 amide bonds. The van der Waals surface area contributed by atoms with Crippen LogP contribution in [0.15, 0.2) is 30.5 Å². The topological polar surface area (TPSA) is 93.5 Å². The molecule has 0 saturated heterocycles. The molecule has 0 bridgehead atoms. The molecule has 2 aliphatic rings. The van der Waals surface area contributed by atoms with Crippen LogP contribution in [0.1, 0.15) is 69.2 Å². The van der Waals surface area contributed by atoms with Crippen molar-refractivity contribution in [2.45, 2.75) is 38.1 Å². The largest absolute Gasteiger partial charge is 0.385 e. The number of hydrogen-bond donors (Lipinski definition) is 1. The van der Waals surface area contributed by atoms with Gasteiger partial charge in [0, 0.05) is 31.9 Å². The standard InChI is InChI=1S/C21H24N4O4/c1-29-12-4-11-24-20(27)16-8-7-14(13-17(16)21(24)28)19(26)23-18-9-10-22-25(18)15-5-2-3-6-15/h7-10,13,15H,2-6,11-12H2,1H3,(H,23,26). The van der Waals surface area contributed by atoms with Crippen molar-refractivity contribution in [3.8, 4) is 0 Å².